The Morgan fingerprint density at radius 3 is 3.21 bits per heavy atom. The highest BCUT2D eigenvalue weighted by Crippen LogP contribution is 2.29. The fraction of sp³-hybridized carbons (Fsp3) is 0.538. The number of thiophene rings is 1. The second-order valence-corrected chi connectivity index (χ2v) is 5.39. The summed E-state index contributed by atoms with van der Waals surface area (Å²) >= 11 is 1.66. The lowest BCUT2D eigenvalue weighted by atomic mass is 10.3. The van der Waals surface area contributed by atoms with Crippen molar-refractivity contribution in [1.82, 2.24) is 9.97 Å². The van der Waals surface area contributed by atoms with Crippen LogP contribution in [0.3, 0.4) is 0 Å². The van der Waals surface area contributed by atoms with Crippen LogP contribution < -0.4 is 10.2 Å². The van der Waals surface area contributed by atoms with Crippen molar-refractivity contribution in [3.05, 3.63) is 11.4 Å². The lowest BCUT2D eigenvalue weighted by Gasteiger charge is -2.22. The molecule has 0 amide bonds. The van der Waals surface area contributed by atoms with Crippen molar-refractivity contribution in [2.75, 3.05) is 43.1 Å². The van der Waals surface area contributed by atoms with E-state index >= 15 is 0 Å². The third-order valence-electron chi connectivity index (χ3n) is 3.16. The van der Waals surface area contributed by atoms with E-state index in [1.54, 1.807) is 11.3 Å². The molecule has 2 aromatic rings. The number of nitrogens with one attached hydrogen (secondary N) is 1. The number of anilines is 2. The van der Waals surface area contributed by atoms with E-state index in [1.807, 2.05) is 0 Å². The summed E-state index contributed by atoms with van der Waals surface area (Å²) in [5.74, 6) is 1.75. The molecule has 5 nitrogen and oxygen atoms in total. The normalized spacial score (nSPS) is 16.6. The van der Waals surface area contributed by atoms with Gasteiger partial charge in [-0.2, -0.15) is 4.98 Å². The second-order valence-electron chi connectivity index (χ2n) is 4.49. The summed E-state index contributed by atoms with van der Waals surface area (Å²) in [7, 11) is 0. The molecule has 102 valence electrons. The molecule has 1 saturated heterocycles. The van der Waals surface area contributed by atoms with E-state index in [0.717, 1.165) is 61.3 Å². The van der Waals surface area contributed by atoms with Gasteiger partial charge in [0.05, 0.1) is 12.0 Å². The predicted octanol–water partition coefficient (Wildman–Crippen LogP) is 2.35. The van der Waals surface area contributed by atoms with Crippen LogP contribution in [0.1, 0.15) is 13.3 Å². The van der Waals surface area contributed by atoms with E-state index in [4.69, 9.17) is 4.74 Å². The highest BCUT2D eigenvalue weighted by Gasteiger charge is 2.16. The summed E-state index contributed by atoms with van der Waals surface area (Å²) in [5, 5.41) is 6.43. The fourth-order valence-electron chi connectivity index (χ4n) is 2.28. The Labute approximate surface area is 116 Å². The molecule has 0 saturated carbocycles. The fourth-order valence-corrected chi connectivity index (χ4v) is 3.03. The SMILES string of the molecule is CCNc1nc(N2CCCOCC2)c2ccsc2n1. The zero-order valence-corrected chi connectivity index (χ0v) is 11.9. The Kier molecular flexibility index (Phi) is 3.79. The Bertz CT molecular complexity index is 549. The molecular weight excluding hydrogens is 260 g/mol. The van der Waals surface area contributed by atoms with Crippen molar-refractivity contribution >= 4 is 33.3 Å². The third-order valence-corrected chi connectivity index (χ3v) is 3.97. The first-order chi connectivity index (χ1) is 9.38. The van der Waals surface area contributed by atoms with Gasteiger partial charge in [-0.05, 0) is 24.8 Å². The molecule has 0 spiro atoms. The quantitative estimate of drug-likeness (QED) is 0.934. The zero-order chi connectivity index (χ0) is 13.1. The Morgan fingerprint density at radius 2 is 2.32 bits per heavy atom. The van der Waals surface area contributed by atoms with Gasteiger partial charge in [0, 0.05) is 26.2 Å². The largest absolute Gasteiger partial charge is 0.380 e. The van der Waals surface area contributed by atoms with Crippen molar-refractivity contribution in [3.8, 4) is 0 Å². The number of ether oxygens (including phenoxy) is 1. The average molecular weight is 278 g/mol. The molecule has 3 heterocycles. The van der Waals surface area contributed by atoms with Crippen LogP contribution in [-0.2, 0) is 4.74 Å². The number of nitrogens with zero attached hydrogens (tertiary/aromatic N) is 3. The van der Waals surface area contributed by atoms with Gasteiger partial charge >= 0.3 is 0 Å². The van der Waals surface area contributed by atoms with E-state index in [-0.39, 0.29) is 0 Å². The van der Waals surface area contributed by atoms with Gasteiger partial charge < -0.3 is 15.0 Å². The molecule has 2 aromatic heterocycles. The maximum Gasteiger partial charge on any atom is 0.226 e. The summed E-state index contributed by atoms with van der Waals surface area (Å²) in [6.07, 6.45) is 1.05. The van der Waals surface area contributed by atoms with Gasteiger partial charge in [-0.1, -0.05) is 0 Å². The third kappa shape index (κ3) is 2.64. The molecule has 0 radical (unpaired) electrons. The van der Waals surface area contributed by atoms with Crippen molar-refractivity contribution < 1.29 is 4.74 Å². The molecule has 0 aliphatic carbocycles. The number of rotatable bonds is 3. The predicted molar refractivity (Wildman–Crippen MR) is 79.2 cm³/mol. The maximum atomic E-state index is 5.52. The molecule has 1 fully saturated rings. The van der Waals surface area contributed by atoms with Crippen LogP contribution in [0.5, 0.6) is 0 Å². The van der Waals surface area contributed by atoms with Gasteiger partial charge in [0.15, 0.2) is 0 Å². The molecular formula is C13H18N4OS. The molecule has 0 atom stereocenters. The van der Waals surface area contributed by atoms with E-state index in [9.17, 15) is 0 Å². The van der Waals surface area contributed by atoms with Crippen LogP contribution in [0.25, 0.3) is 10.2 Å². The molecule has 0 aromatic carbocycles. The van der Waals surface area contributed by atoms with Crippen molar-refractivity contribution in [1.29, 1.82) is 0 Å². The molecule has 3 rings (SSSR count). The van der Waals surface area contributed by atoms with Crippen molar-refractivity contribution in [3.63, 3.8) is 0 Å². The van der Waals surface area contributed by atoms with Crippen LogP contribution in [0, 0.1) is 0 Å². The Balaban J connectivity index is 2.01. The number of hydrogen-bond donors (Lipinski definition) is 1. The first-order valence-corrected chi connectivity index (χ1v) is 7.58. The topological polar surface area (TPSA) is 50.3 Å². The summed E-state index contributed by atoms with van der Waals surface area (Å²) in [4.78, 5) is 12.6. The molecule has 1 aliphatic rings. The lowest BCUT2D eigenvalue weighted by molar-refractivity contribution is 0.152. The molecule has 0 bridgehead atoms. The maximum absolute atomic E-state index is 5.52. The van der Waals surface area contributed by atoms with Gasteiger partial charge in [0.25, 0.3) is 0 Å². The van der Waals surface area contributed by atoms with E-state index in [1.165, 1.54) is 0 Å². The zero-order valence-electron chi connectivity index (χ0n) is 11.1. The second kappa shape index (κ2) is 5.71. The van der Waals surface area contributed by atoms with Crippen LogP contribution in [0.2, 0.25) is 0 Å². The summed E-state index contributed by atoms with van der Waals surface area (Å²) in [6, 6.07) is 2.11. The van der Waals surface area contributed by atoms with Crippen molar-refractivity contribution in [2.24, 2.45) is 0 Å². The highest BCUT2D eigenvalue weighted by atomic mass is 32.1. The van der Waals surface area contributed by atoms with Gasteiger partial charge in [0.1, 0.15) is 10.6 Å². The monoisotopic (exact) mass is 278 g/mol. The van der Waals surface area contributed by atoms with E-state index in [0.29, 0.717) is 0 Å². The Morgan fingerprint density at radius 1 is 1.37 bits per heavy atom. The van der Waals surface area contributed by atoms with Gasteiger partial charge in [-0.3, -0.25) is 0 Å². The van der Waals surface area contributed by atoms with E-state index in [2.05, 4.69) is 38.6 Å². The van der Waals surface area contributed by atoms with Crippen molar-refractivity contribution in [2.45, 2.75) is 13.3 Å². The highest BCUT2D eigenvalue weighted by molar-refractivity contribution is 7.16. The lowest BCUT2D eigenvalue weighted by Crippen LogP contribution is -2.27. The van der Waals surface area contributed by atoms with E-state index < -0.39 is 0 Å². The van der Waals surface area contributed by atoms with Crippen LogP contribution in [0.4, 0.5) is 11.8 Å². The summed E-state index contributed by atoms with van der Waals surface area (Å²) in [6.45, 7) is 6.39. The minimum absolute atomic E-state index is 0.720. The van der Waals surface area contributed by atoms with Gasteiger partial charge in [-0.15, -0.1) is 11.3 Å². The average Bonchev–Trinajstić information content (AvgIpc) is 2.72. The number of hydrogen-bond acceptors (Lipinski definition) is 6. The number of aromatic nitrogens is 2. The standard InChI is InChI=1S/C13H18N4OS/c1-2-14-13-15-11(10-4-9-19-12(10)16-13)17-5-3-7-18-8-6-17/h4,9H,2-3,5-8H2,1H3,(H,14,15,16). The summed E-state index contributed by atoms with van der Waals surface area (Å²) in [5.41, 5.74) is 0. The van der Waals surface area contributed by atoms with Gasteiger partial charge in [-0.25, -0.2) is 4.98 Å². The van der Waals surface area contributed by atoms with Crippen LogP contribution in [-0.4, -0.2) is 42.8 Å². The molecule has 0 unspecified atom stereocenters. The van der Waals surface area contributed by atoms with Gasteiger partial charge in [0.2, 0.25) is 5.95 Å². The smallest absolute Gasteiger partial charge is 0.226 e. The molecule has 1 N–H and O–H groups in total. The molecule has 6 heteroatoms. The molecule has 1 aliphatic heterocycles. The first-order valence-electron chi connectivity index (χ1n) is 6.70. The minimum atomic E-state index is 0.720. The van der Waals surface area contributed by atoms with Crippen LogP contribution >= 0.6 is 11.3 Å². The Hall–Kier alpha value is -1.40. The van der Waals surface area contributed by atoms with Crippen LogP contribution in [0.15, 0.2) is 11.4 Å². The summed E-state index contributed by atoms with van der Waals surface area (Å²) < 4.78 is 5.52. The minimum Gasteiger partial charge on any atom is -0.380 e. The molecule has 19 heavy (non-hydrogen) atoms. The first kappa shape index (κ1) is 12.6. The number of fused-ring (bicyclic) bond motifs is 1.